The molecular weight excluding hydrogens is 458 g/mol. The Morgan fingerprint density at radius 1 is 1.06 bits per heavy atom. The Morgan fingerprint density at radius 2 is 1.61 bits per heavy atom. The van der Waals surface area contributed by atoms with Crippen LogP contribution in [-0.4, -0.2) is 11.1 Å². The molecule has 0 atom stereocenters. The van der Waals surface area contributed by atoms with Crippen LogP contribution in [0.5, 0.6) is 11.5 Å². The lowest BCUT2D eigenvalue weighted by Gasteiger charge is -2.09. The van der Waals surface area contributed by atoms with Gasteiger partial charge in [0.15, 0.2) is 5.75 Å². The smallest absolute Gasteiger partial charge is 0.343 e. The number of benzene rings is 2. The maximum atomic E-state index is 11.9. The van der Waals surface area contributed by atoms with Crippen LogP contribution in [0, 0.1) is 7.14 Å². The summed E-state index contributed by atoms with van der Waals surface area (Å²) in [6.07, 6.45) is 0. The van der Waals surface area contributed by atoms with E-state index >= 15 is 0 Å². The number of phenolic OH excluding ortho intramolecular Hbond substituents is 1. The fraction of sp³-hybridized carbons (Fsp3) is 0. The van der Waals surface area contributed by atoms with Gasteiger partial charge >= 0.3 is 5.97 Å². The summed E-state index contributed by atoms with van der Waals surface area (Å²) in [5.41, 5.74) is 0.497. The molecule has 3 nitrogen and oxygen atoms in total. The number of carbonyl (C=O) groups excluding carboxylic acids is 1. The third kappa shape index (κ3) is 3.14. The summed E-state index contributed by atoms with van der Waals surface area (Å²) in [7, 11) is 0. The summed E-state index contributed by atoms with van der Waals surface area (Å²) in [5, 5.41) is 9.42. The summed E-state index contributed by atoms with van der Waals surface area (Å²) < 4.78 is 6.74. The first-order valence-electron chi connectivity index (χ1n) is 5.03. The fourth-order valence-corrected chi connectivity index (χ4v) is 3.33. The molecule has 0 saturated heterocycles. The number of halogens is 2. The van der Waals surface area contributed by atoms with Gasteiger partial charge in [-0.2, -0.15) is 0 Å². The number of aromatic hydroxyl groups is 1. The maximum absolute atomic E-state index is 11.9. The molecule has 0 aliphatic carbocycles. The largest absolute Gasteiger partial charge is 0.508 e. The first kappa shape index (κ1) is 13.6. The molecule has 0 amide bonds. The van der Waals surface area contributed by atoms with Crippen LogP contribution in [-0.2, 0) is 0 Å². The van der Waals surface area contributed by atoms with Crippen molar-refractivity contribution in [3.05, 3.63) is 55.2 Å². The monoisotopic (exact) mass is 466 g/mol. The van der Waals surface area contributed by atoms with Crippen LogP contribution < -0.4 is 4.74 Å². The quantitative estimate of drug-likeness (QED) is 0.416. The van der Waals surface area contributed by atoms with Gasteiger partial charge in [-0.25, -0.2) is 4.79 Å². The standard InChI is InChI=1S/C13H8I2O3/c14-10-6-9(16)7-11(15)12(10)18-13(17)8-4-2-1-3-5-8/h1-7,16H. The lowest BCUT2D eigenvalue weighted by atomic mass is 10.2. The lowest BCUT2D eigenvalue weighted by molar-refractivity contribution is 0.0732. The van der Waals surface area contributed by atoms with Crippen LogP contribution >= 0.6 is 45.2 Å². The molecule has 0 radical (unpaired) electrons. The van der Waals surface area contributed by atoms with E-state index in [9.17, 15) is 9.90 Å². The number of rotatable bonds is 2. The molecular formula is C13H8I2O3. The summed E-state index contributed by atoms with van der Waals surface area (Å²) in [5.74, 6) is 0.225. The minimum absolute atomic E-state index is 0.156. The molecule has 0 aliphatic rings. The summed E-state index contributed by atoms with van der Waals surface area (Å²) in [4.78, 5) is 11.9. The van der Waals surface area contributed by atoms with Gasteiger partial charge < -0.3 is 9.84 Å². The Labute approximate surface area is 131 Å². The van der Waals surface area contributed by atoms with Crippen LogP contribution in [0.2, 0.25) is 0 Å². The second-order valence-electron chi connectivity index (χ2n) is 3.49. The SMILES string of the molecule is O=C(Oc1c(I)cc(O)cc1I)c1ccccc1. The topological polar surface area (TPSA) is 46.5 Å². The summed E-state index contributed by atoms with van der Waals surface area (Å²) >= 11 is 4.04. The van der Waals surface area contributed by atoms with Gasteiger partial charge in [0, 0.05) is 0 Å². The van der Waals surface area contributed by atoms with Gasteiger partial charge in [-0.05, 0) is 69.4 Å². The lowest BCUT2D eigenvalue weighted by Crippen LogP contribution is -2.10. The van der Waals surface area contributed by atoms with E-state index in [0.717, 1.165) is 0 Å². The number of esters is 1. The van der Waals surface area contributed by atoms with Crippen molar-refractivity contribution in [1.29, 1.82) is 0 Å². The van der Waals surface area contributed by atoms with Gasteiger partial charge in [-0.1, -0.05) is 18.2 Å². The van der Waals surface area contributed by atoms with Gasteiger partial charge in [-0.15, -0.1) is 0 Å². The number of hydrogen-bond donors (Lipinski definition) is 1. The number of ether oxygens (including phenoxy) is 1. The van der Waals surface area contributed by atoms with Crippen molar-refractivity contribution in [2.45, 2.75) is 0 Å². The molecule has 2 rings (SSSR count). The van der Waals surface area contributed by atoms with E-state index in [0.29, 0.717) is 18.5 Å². The van der Waals surface area contributed by atoms with Gasteiger partial charge in [0.05, 0.1) is 12.7 Å². The van der Waals surface area contributed by atoms with Crippen molar-refractivity contribution < 1.29 is 14.6 Å². The highest BCUT2D eigenvalue weighted by Crippen LogP contribution is 2.31. The highest BCUT2D eigenvalue weighted by Gasteiger charge is 2.14. The summed E-state index contributed by atoms with van der Waals surface area (Å²) in [6.45, 7) is 0. The number of carbonyl (C=O) groups is 1. The van der Waals surface area contributed by atoms with Crippen LogP contribution in [0.15, 0.2) is 42.5 Å². The van der Waals surface area contributed by atoms with E-state index in [2.05, 4.69) is 0 Å². The van der Waals surface area contributed by atoms with Gasteiger partial charge in [0.1, 0.15) is 5.75 Å². The Kier molecular flexibility index (Phi) is 4.44. The molecule has 0 saturated carbocycles. The van der Waals surface area contributed by atoms with Crippen molar-refractivity contribution in [3.63, 3.8) is 0 Å². The van der Waals surface area contributed by atoms with Gasteiger partial charge in [-0.3, -0.25) is 0 Å². The second-order valence-corrected chi connectivity index (χ2v) is 5.82. The van der Waals surface area contributed by atoms with Crippen LogP contribution in [0.3, 0.4) is 0 Å². The van der Waals surface area contributed by atoms with Crippen molar-refractivity contribution in [3.8, 4) is 11.5 Å². The van der Waals surface area contributed by atoms with Crippen LogP contribution in [0.1, 0.15) is 10.4 Å². The zero-order valence-electron chi connectivity index (χ0n) is 9.06. The molecule has 92 valence electrons. The predicted molar refractivity (Wildman–Crippen MR) is 84.9 cm³/mol. The summed E-state index contributed by atoms with van der Waals surface area (Å²) in [6, 6.07) is 11.9. The second kappa shape index (κ2) is 5.87. The Balaban J connectivity index is 2.28. The molecule has 0 aliphatic heterocycles. The molecule has 1 N–H and O–H groups in total. The Bertz CT molecular complexity index is 559. The maximum Gasteiger partial charge on any atom is 0.343 e. The van der Waals surface area contributed by atoms with Crippen LogP contribution in [0.4, 0.5) is 0 Å². The fourth-order valence-electron chi connectivity index (χ4n) is 1.37. The molecule has 0 spiro atoms. The molecule has 0 heterocycles. The molecule has 0 fully saturated rings. The van der Waals surface area contributed by atoms with Crippen LogP contribution in [0.25, 0.3) is 0 Å². The molecule has 0 aromatic heterocycles. The highest BCUT2D eigenvalue weighted by molar-refractivity contribution is 14.1. The van der Waals surface area contributed by atoms with E-state index in [1.54, 1.807) is 36.4 Å². The minimum atomic E-state index is -0.405. The zero-order chi connectivity index (χ0) is 13.1. The minimum Gasteiger partial charge on any atom is -0.508 e. The number of phenols is 1. The third-order valence-electron chi connectivity index (χ3n) is 2.19. The molecule has 0 unspecified atom stereocenters. The normalized spacial score (nSPS) is 10.1. The van der Waals surface area contributed by atoms with E-state index < -0.39 is 5.97 Å². The Morgan fingerprint density at radius 3 is 2.17 bits per heavy atom. The molecule has 18 heavy (non-hydrogen) atoms. The average Bonchev–Trinajstić information content (AvgIpc) is 2.34. The van der Waals surface area contributed by atoms with E-state index in [1.807, 2.05) is 51.2 Å². The molecule has 2 aromatic rings. The first-order chi connectivity index (χ1) is 8.58. The highest BCUT2D eigenvalue weighted by atomic mass is 127. The van der Waals surface area contributed by atoms with Gasteiger partial charge in [0.25, 0.3) is 0 Å². The van der Waals surface area contributed by atoms with Gasteiger partial charge in [0.2, 0.25) is 0 Å². The molecule has 0 bridgehead atoms. The number of hydrogen-bond acceptors (Lipinski definition) is 3. The van der Waals surface area contributed by atoms with E-state index in [4.69, 9.17) is 4.74 Å². The molecule has 5 heteroatoms. The van der Waals surface area contributed by atoms with Crippen molar-refractivity contribution in [1.82, 2.24) is 0 Å². The van der Waals surface area contributed by atoms with Crippen molar-refractivity contribution in [2.75, 3.05) is 0 Å². The van der Waals surface area contributed by atoms with E-state index in [1.165, 1.54) is 0 Å². The molecule has 2 aromatic carbocycles. The first-order valence-corrected chi connectivity index (χ1v) is 7.19. The van der Waals surface area contributed by atoms with Crippen molar-refractivity contribution in [2.24, 2.45) is 0 Å². The Hall–Kier alpha value is -0.830. The average molecular weight is 466 g/mol. The zero-order valence-corrected chi connectivity index (χ0v) is 13.4. The van der Waals surface area contributed by atoms with E-state index in [-0.39, 0.29) is 5.75 Å². The predicted octanol–water partition coefficient (Wildman–Crippen LogP) is 3.82. The third-order valence-corrected chi connectivity index (χ3v) is 3.79. The van der Waals surface area contributed by atoms with Crippen molar-refractivity contribution >= 4 is 51.2 Å².